The molecule has 1 aromatic carbocycles. The molecular weight excluding hydrogens is 422 g/mol. The highest BCUT2D eigenvalue weighted by atomic mass is 32.2. The predicted molar refractivity (Wildman–Crippen MR) is 115 cm³/mol. The van der Waals surface area contributed by atoms with Crippen LogP contribution in [0.25, 0.3) is 11.1 Å². The lowest BCUT2D eigenvalue weighted by Gasteiger charge is -2.15. The Balaban J connectivity index is 1.79. The van der Waals surface area contributed by atoms with Gasteiger partial charge in [-0.3, -0.25) is 4.72 Å². The molecule has 2 aromatic heterocycles. The fourth-order valence-electron chi connectivity index (χ4n) is 2.51. The van der Waals surface area contributed by atoms with Crippen molar-refractivity contribution in [2.75, 3.05) is 30.8 Å². The van der Waals surface area contributed by atoms with Crippen LogP contribution < -0.4 is 18.9 Å². The first-order valence-electron chi connectivity index (χ1n) is 9.46. The Bertz CT molecular complexity index is 1110. The monoisotopic (exact) mass is 445 g/mol. The van der Waals surface area contributed by atoms with Crippen LogP contribution in [-0.2, 0) is 10.0 Å². The van der Waals surface area contributed by atoms with E-state index in [1.165, 1.54) is 25.8 Å². The second-order valence-electron chi connectivity index (χ2n) is 6.38. The minimum absolute atomic E-state index is 0.0871. The molecule has 0 aliphatic rings. The van der Waals surface area contributed by atoms with Crippen molar-refractivity contribution in [3.63, 3.8) is 0 Å². The fraction of sp³-hybridized carbons (Fsp3) is 0.300. The van der Waals surface area contributed by atoms with E-state index in [-0.39, 0.29) is 36.7 Å². The Hall–Kier alpha value is -3.47. The summed E-state index contributed by atoms with van der Waals surface area (Å²) in [7, 11) is -2.02. The molecule has 0 spiro atoms. The first kappa shape index (κ1) is 22.2. The second kappa shape index (κ2) is 10.0. The van der Waals surface area contributed by atoms with Gasteiger partial charge in [0.15, 0.2) is 11.6 Å². The molecule has 0 aliphatic heterocycles. The number of anilines is 1. The fourth-order valence-corrected chi connectivity index (χ4v) is 3.11. The molecule has 0 fully saturated rings. The van der Waals surface area contributed by atoms with Crippen molar-refractivity contribution in [1.82, 2.24) is 19.9 Å². The number of aryl methyl sites for hydroxylation is 1. The Morgan fingerprint density at radius 1 is 0.968 bits per heavy atom. The smallest absolute Gasteiger partial charge is 0.316 e. The highest BCUT2D eigenvalue weighted by Gasteiger charge is 2.19. The maximum Gasteiger partial charge on any atom is 0.316 e. The number of aromatic nitrogens is 4. The minimum Gasteiger partial charge on any atom is -0.494 e. The van der Waals surface area contributed by atoms with E-state index in [0.717, 1.165) is 11.1 Å². The summed E-state index contributed by atoms with van der Waals surface area (Å²) in [6.07, 6.45) is 4.23. The zero-order valence-electron chi connectivity index (χ0n) is 17.4. The summed E-state index contributed by atoms with van der Waals surface area (Å²) < 4.78 is 43.0. The maximum absolute atomic E-state index is 12.1. The SMILES string of the molecule is CCS(=O)(=O)Nc1ncnc(OCCOc2ncc(OC)cn2)c1-c1ccc(C)cc1. The van der Waals surface area contributed by atoms with Crippen molar-refractivity contribution in [3.05, 3.63) is 48.5 Å². The van der Waals surface area contributed by atoms with E-state index >= 15 is 0 Å². The number of nitrogens with zero attached hydrogens (tertiary/aromatic N) is 4. The number of ether oxygens (including phenoxy) is 3. The zero-order chi connectivity index (χ0) is 22.3. The van der Waals surface area contributed by atoms with Crippen LogP contribution >= 0.6 is 0 Å². The van der Waals surface area contributed by atoms with E-state index < -0.39 is 10.0 Å². The minimum atomic E-state index is -3.54. The number of hydrogen-bond donors (Lipinski definition) is 1. The van der Waals surface area contributed by atoms with Gasteiger partial charge in [-0.1, -0.05) is 29.8 Å². The first-order valence-corrected chi connectivity index (χ1v) is 11.1. The molecule has 3 aromatic rings. The van der Waals surface area contributed by atoms with E-state index in [0.29, 0.717) is 11.3 Å². The van der Waals surface area contributed by atoms with Gasteiger partial charge in [0.2, 0.25) is 15.9 Å². The summed E-state index contributed by atoms with van der Waals surface area (Å²) in [5.41, 5.74) is 2.22. The third-order valence-electron chi connectivity index (χ3n) is 4.18. The van der Waals surface area contributed by atoms with Gasteiger partial charge in [-0.05, 0) is 19.4 Å². The van der Waals surface area contributed by atoms with Crippen molar-refractivity contribution in [2.24, 2.45) is 0 Å². The molecule has 31 heavy (non-hydrogen) atoms. The molecule has 0 saturated heterocycles. The quantitative estimate of drug-likeness (QED) is 0.468. The molecule has 0 unspecified atom stereocenters. The average Bonchev–Trinajstić information content (AvgIpc) is 2.78. The van der Waals surface area contributed by atoms with Gasteiger partial charge in [0.05, 0.1) is 30.8 Å². The van der Waals surface area contributed by atoms with E-state index in [9.17, 15) is 8.42 Å². The van der Waals surface area contributed by atoms with E-state index in [1.807, 2.05) is 31.2 Å². The number of rotatable bonds is 10. The maximum atomic E-state index is 12.1. The van der Waals surface area contributed by atoms with Gasteiger partial charge in [0.25, 0.3) is 0 Å². The van der Waals surface area contributed by atoms with Crippen molar-refractivity contribution < 1.29 is 22.6 Å². The number of nitrogens with one attached hydrogen (secondary N) is 1. The zero-order valence-corrected chi connectivity index (χ0v) is 18.2. The van der Waals surface area contributed by atoms with Gasteiger partial charge < -0.3 is 14.2 Å². The lowest BCUT2D eigenvalue weighted by atomic mass is 10.1. The second-order valence-corrected chi connectivity index (χ2v) is 8.39. The summed E-state index contributed by atoms with van der Waals surface area (Å²) in [4.78, 5) is 16.3. The third kappa shape index (κ3) is 6.01. The van der Waals surface area contributed by atoms with Crippen molar-refractivity contribution in [3.8, 4) is 28.8 Å². The van der Waals surface area contributed by atoms with Crippen LogP contribution in [-0.4, -0.2) is 54.4 Å². The molecule has 0 bridgehead atoms. The molecule has 0 amide bonds. The summed E-state index contributed by atoms with van der Waals surface area (Å²) in [6, 6.07) is 7.71. The van der Waals surface area contributed by atoms with Crippen LogP contribution in [0.4, 0.5) is 5.82 Å². The highest BCUT2D eigenvalue weighted by molar-refractivity contribution is 7.92. The van der Waals surface area contributed by atoms with Gasteiger partial charge in [0.1, 0.15) is 19.5 Å². The largest absolute Gasteiger partial charge is 0.494 e. The molecule has 1 N–H and O–H groups in total. The van der Waals surface area contributed by atoms with Gasteiger partial charge in [-0.2, -0.15) is 9.97 Å². The number of benzene rings is 1. The van der Waals surface area contributed by atoms with E-state index in [1.54, 1.807) is 6.92 Å². The van der Waals surface area contributed by atoms with Crippen molar-refractivity contribution >= 4 is 15.8 Å². The molecule has 164 valence electrons. The van der Waals surface area contributed by atoms with Crippen LogP contribution in [0, 0.1) is 6.92 Å². The van der Waals surface area contributed by atoms with Crippen LogP contribution in [0.3, 0.4) is 0 Å². The summed E-state index contributed by atoms with van der Waals surface area (Å²) in [6.45, 7) is 3.79. The molecule has 2 heterocycles. The Morgan fingerprint density at radius 3 is 2.29 bits per heavy atom. The lowest BCUT2D eigenvalue weighted by Crippen LogP contribution is -2.17. The predicted octanol–water partition coefficient (Wildman–Crippen LogP) is 2.47. The topological polar surface area (TPSA) is 125 Å². The van der Waals surface area contributed by atoms with Gasteiger partial charge in [0, 0.05) is 0 Å². The van der Waals surface area contributed by atoms with Crippen LogP contribution in [0.1, 0.15) is 12.5 Å². The van der Waals surface area contributed by atoms with Crippen molar-refractivity contribution in [2.45, 2.75) is 13.8 Å². The molecule has 0 aliphatic carbocycles. The molecule has 10 nitrogen and oxygen atoms in total. The first-order chi connectivity index (χ1) is 14.9. The van der Waals surface area contributed by atoms with Crippen LogP contribution in [0.5, 0.6) is 17.6 Å². The van der Waals surface area contributed by atoms with Crippen LogP contribution in [0.2, 0.25) is 0 Å². The van der Waals surface area contributed by atoms with E-state index in [2.05, 4.69) is 24.7 Å². The summed E-state index contributed by atoms with van der Waals surface area (Å²) in [5, 5.41) is 0. The average molecular weight is 446 g/mol. The van der Waals surface area contributed by atoms with E-state index in [4.69, 9.17) is 14.2 Å². The number of hydrogen-bond acceptors (Lipinski definition) is 9. The van der Waals surface area contributed by atoms with Crippen molar-refractivity contribution in [1.29, 1.82) is 0 Å². The van der Waals surface area contributed by atoms with Gasteiger partial charge in [-0.15, -0.1) is 0 Å². The standard InChI is InChI=1S/C20H23N5O5S/c1-4-31(26,27)25-18-17(15-7-5-14(2)6-8-15)19(24-13-23-18)29-9-10-30-20-21-11-16(28-3)12-22-20/h5-8,11-13H,4,9-10H2,1-3H3,(H,23,24,25). The Morgan fingerprint density at radius 2 is 1.65 bits per heavy atom. The highest BCUT2D eigenvalue weighted by Crippen LogP contribution is 2.34. The molecule has 11 heteroatoms. The van der Waals surface area contributed by atoms with Gasteiger partial charge >= 0.3 is 6.01 Å². The van der Waals surface area contributed by atoms with Gasteiger partial charge in [-0.25, -0.2) is 18.4 Å². The Kier molecular flexibility index (Phi) is 7.19. The normalized spacial score (nSPS) is 11.1. The molecule has 0 radical (unpaired) electrons. The Labute approximate surface area is 180 Å². The lowest BCUT2D eigenvalue weighted by molar-refractivity contribution is 0.201. The molecule has 0 saturated carbocycles. The summed E-state index contributed by atoms with van der Waals surface area (Å²) >= 11 is 0. The van der Waals surface area contributed by atoms with Crippen LogP contribution in [0.15, 0.2) is 43.0 Å². The molecule has 3 rings (SSSR count). The summed E-state index contributed by atoms with van der Waals surface area (Å²) in [5.74, 6) is 0.812. The molecule has 0 atom stereocenters. The molecular formula is C20H23N5O5S. The number of methoxy groups -OCH3 is 1. The number of sulfonamides is 1. The third-order valence-corrected chi connectivity index (χ3v) is 5.44.